The molecule has 1 heterocycles. The molecule has 2 aromatic rings. The Morgan fingerprint density at radius 2 is 2.16 bits per heavy atom. The van der Waals surface area contributed by atoms with Gasteiger partial charge in [0.1, 0.15) is 5.82 Å². The second-order valence-electron chi connectivity index (χ2n) is 3.74. The fraction of sp³-hybridized carbons (Fsp3) is 0.200. The van der Waals surface area contributed by atoms with Gasteiger partial charge >= 0.3 is 11.7 Å². The first-order valence-electron chi connectivity index (χ1n) is 5.08. The summed E-state index contributed by atoms with van der Waals surface area (Å²) in [6, 6.07) is 2.31. The molecule has 0 radical (unpaired) electrons. The Morgan fingerprint density at radius 1 is 1.47 bits per heavy atom. The second-order valence-corrected chi connectivity index (χ2v) is 4.14. The summed E-state index contributed by atoms with van der Waals surface area (Å²) >= 11 is 5.81. The molecule has 0 fully saturated rings. The molecule has 0 atom stereocenters. The summed E-state index contributed by atoms with van der Waals surface area (Å²) in [4.78, 5) is 22.4. The average Bonchev–Trinajstić information content (AvgIpc) is 2.65. The van der Waals surface area contributed by atoms with E-state index in [0.29, 0.717) is 0 Å². The number of rotatable bonds is 3. The summed E-state index contributed by atoms with van der Waals surface area (Å²) in [6.07, 6.45) is 0. The van der Waals surface area contributed by atoms with Crippen LogP contribution in [0.25, 0.3) is 0 Å². The van der Waals surface area contributed by atoms with Crippen molar-refractivity contribution in [3.8, 4) is 0 Å². The van der Waals surface area contributed by atoms with E-state index in [1.165, 1.54) is 13.1 Å². The Kier molecular flexibility index (Phi) is 3.34. The third-order valence-electron chi connectivity index (χ3n) is 2.50. The topological polar surface area (TPSA) is 90.0 Å². The van der Waals surface area contributed by atoms with E-state index in [9.17, 15) is 14.0 Å². The molecule has 0 aliphatic rings. The second kappa shape index (κ2) is 4.81. The number of tetrazole rings is 1. The van der Waals surface area contributed by atoms with Gasteiger partial charge in [0.25, 0.3) is 0 Å². The van der Waals surface area contributed by atoms with Crippen LogP contribution in [0.2, 0.25) is 5.02 Å². The summed E-state index contributed by atoms with van der Waals surface area (Å²) in [7, 11) is 1.39. The van der Waals surface area contributed by atoms with Crippen molar-refractivity contribution in [2.24, 2.45) is 7.05 Å². The number of carboxylic acid groups (broad SMARTS) is 1. The molecule has 0 saturated carbocycles. The Labute approximate surface area is 110 Å². The van der Waals surface area contributed by atoms with Crippen LogP contribution in [0.5, 0.6) is 0 Å². The van der Waals surface area contributed by atoms with Crippen LogP contribution in [0.3, 0.4) is 0 Å². The molecule has 0 spiro atoms. The quantitative estimate of drug-likeness (QED) is 0.888. The summed E-state index contributed by atoms with van der Waals surface area (Å²) in [5.74, 6) is -2.40. The van der Waals surface area contributed by atoms with Crippen LogP contribution in [0.1, 0.15) is 15.9 Å². The molecule has 1 aromatic carbocycles. The highest BCUT2D eigenvalue weighted by Gasteiger charge is 2.18. The van der Waals surface area contributed by atoms with Gasteiger partial charge < -0.3 is 5.11 Å². The van der Waals surface area contributed by atoms with E-state index >= 15 is 0 Å². The van der Waals surface area contributed by atoms with E-state index in [1.54, 1.807) is 0 Å². The number of carboxylic acids is 1. The first-order chi connectivity index (χ1) is 8.91. The smallest absolute Gasteiger partial charge is 0.363 e. The molecule has 9 heteroatoms. The zero-order valence-corrected chi connectivity index (χ0v) is 10.4. The standard InChI is InChI=1S/C10H8ClFN4O3/c1-15-10(19)16(14-13-15)4-6-7(11)3-2-5(8(6)12)9(17)18/h2-3H,4H2,1H3,(H,17,18). The van der Waals surface area contributed by atoms with E-state index in [-0.39, 0.29) is 17.1 Å². The van der Waals surface area contributed by atoms with E-state index in [1.807, 2.05) is 0 Å². The monoisotopic (exact) mass is 286 g/mol. The highest BCUT2D eigenvalue weighted by Crippen LogP contribution is 2.22. The predicted molar refractivity (Wildman–Crippen MR) is 62.7 cm³/mol. The van der Waals surface area contributed by atoms with Crippen LogP contribution in [-0.2, 0) is 13.6 Å². The Balaban J connectivity index is 2.51. The fourth-order valence-corrected chi connectivity index (χ4v) is 1.71. The van der Waals surface area contributed by atoms with Crippen molar-refractivity contribution in [3.05, 3.63) is 44.6 Å². The lowest BCUT2D eigenvalue weighted by Crippen LogP contribution is -2.24. The van der Waals surface area contributed by atoms with Gasteiger partial charge in [0.15, 0.2) is 0 Å². The minimum Gasteiger partial charge on any atom is -0.478 e. The summed E-state index contributed by atoms with van der Waals surface area (Å²) in [5, 5.41) is 15.8. The van der Waals surface area contributed by atoms with Gasteiger partial charge in [0.05, 0.1) is 12.1 Å². The Hall–Kier alpha value is -2.22. The van der Waals surface area contributed by atoms with Crippen LogP contribution in [0.15, 0.2) is 16.9 Å². The van der Waals surface area contributed by atoms with Crippen LogP contribution in [0.4, 0.5) is 4.39 Å². The van der Waals surface area contributed by atoms with E-state index < -0.39 is 23.0 Å². The van der Waals surface area contributed by atoms with Gasteiger partial charge in [-0.05, 0) is 22.6 Å². The molecule has 1 N–H and O–H groups in total. The number of aromatic carboxylic acids is 1. The molecule has 0 aliphatic carbocycles. The van der Waals surface area contributed by atoms with Gasteiger partial charge in [-0.25, -0.2) is 14.0 Å². The van der Waals surface area contributed by atoms with E-state index in [4.69, 9.17) is 16.7 Å². The molecule has 2 rings (SSSR count). The molecule has 0 bridgehead atoms. The number of aromatic nitrogens is 4. The zero-order chi connectivity index (χ0) is 14.2. The minimum absolute atomic E-state index is 0.0139. The SMILES string of the molecule is Cn1nnn(Cc2c(Cl)ccc(C(=O)O)c2F)c1=O. The Morgan fingerprint density at radius 3 is 2.68 bits per heavy atom. The number of nitrogens with zero attached hydrogens (tertiary/aromatic N) is 4. The van der Waals surface area contributed by atoms with Gasteiger partial charge in [-0.1, -0.05) is 11.6 Å². The van der Waals surface area contributed by atoms with E-state index in [2.05, 4.69) is 10.4 Å². The molecule has 0 amide bonds. The third kappa shape index (κ3) is 2.34. The Bertz CT molecular complexity index is 709. The lowest BCUT2D eigenvalue weighted by molar-refractivity contribution is 0.0691. The molecule has 19 heavy (non-hydrogen) atoms. The van der Waals surface area contributed by atoms with Crippen molar-refractivity contribution < 1.29 is 14.3 Å². The molecule has 100 valence electrons. The van der Waals surface area contributed by atoms with Crippen LogP contribution < -0.4 is 5.69 Å². The van der Waals surface area contributed by atoms with Crippen LogP contribution >= 0.6 is 11.6 Å². The number of halogens is 2. The van der Waals surface area contributed by atoms with Crippen molar-refractivity contribution in [2.45, 2.75) is 6.54 Å². The average molecular weight is 287 g/mol. The maximum absolute atomic E-state index is 14.0. The molecule has 7 nitrogen and oxygen atoms in total. The molecule has 0 unspecified atom stereocenters. The summed E-state index contributed by atoms with van der Waals surface area (Å²) < 4.78 is 15.8. The van der Waals surface area contributed by atoms with Crippen molar-refractivity contribution in [1.82, 2.24) is 19.8 Å². The van der Waals surface area contributed by atoms with Crippen molar-refractivity contribution in [1.29, 1.82) is 0 Å². The largest absolute Gasteiger partial charge is 0.478 e. The summed E-state index contributed by atoms with van der Waals surface area (Å²) in [6.45, 7) is -0.293. The maximum atomic E-state index is 14.0. The number of carbonyl (C=O) groups is 1. The maximum Gasteiger partial charge on any atom is 0.363 e. The van der Waals surface area contributed by atoms with Crippen molar-refractivity contribution >= 4 is 17.6 Å². The predicted octanol–water partition coefficient (Wildman–Crippen LogP) is 0.516. The number of benzene rings is 1. The number of aryl methyl sites for hydroxylation is 1. The minimum atomic E-state index is -1.41. The first kappa shape index (κ1) is 13.2. The highest BCUT2D eigenvalue weighted by molar-refractivity contribution is 6.31. The first-order valence-corrected chi connectivity index (χ1v) is 5.46. The van der Waals surface area contributed by atoms with Gasteiger partial charge in [0.2, 0.25) is 0 Å². The summed E-state index contributed by atoms with van der Waals surface area (Å²) in [5.41, 5.74) is -1.20. The van der Waals surface area contributed by atoms with Gasteiger partial charge in [-0.3, -0.25) is 0 Å². The third-order valence-corrected chi connectivity index (χ3v) is 2.86. The van der Waals surface area contributed by atoms with Crippen LogP contribution in [0, 0.1) is 5.82 Å². The molecule has 0 aliphatic heterocycles. The number of hydrogen-bond acceptors (Lipinski definition) is 4. The normalized spacial score (nSPS) is 10.7. The van der Waals surface area contributed by atoms with Crippen molar-refractivity contribution in [3.63, 3.8) is 0 Å². The van der Waals surface area contributed by atoms with Gasteiger partial charge in [-0.15, -0.1) is 0 Å². The fourth-order valence-electron chi connectivity index (χ4n) is 1.51. The molecular formula is C10H8ClFN4O3. The number of hydrogen-bond donors (Lipinski definition) is 1. The van der Waals surface area contributed by atoms with Gasteiger partial charge in [-0.2, -0.15) is 9.36 Å². The van der Waals surface area contributed by atoms with Crippen LogP contribution in [-0.4, -0.2) is 30.9 Å². The highest BCUT2D eigenvalue weighted by atomic mass is 35.5. The lowest BCUT2D eigenvalue weighted by atomic mass is 10.1. The van der Waals surface area contributed by atoms with E-state index in [0.717, 1.165) is 15.4 Å². The lowest BCUT2D eigenvalue weighted by Gasteiger charge is -2.07. The van der Waals surface area contributed by atoms with Gasteiger partial charge in [0, 0.05) is 17.6 Å². The zero-order valence-electron chi connectivity index (χ0n) is 9.67. The van der Waals surface area contributed by atoms with Crippen molar-refractivity contribution in [2.75, 3.05) is 0 Å². The molecule has 1 aromatic heterocycles. The molecular weight excluding hydrogens is 279 g/mol. The molecule has 0 saturated heterocycles.